The molecule has 3 fully saturated rings. The number of nitrogens with zero attached hydrogens (tertiary/aromatic N) is 3. The van der Waals surface area contributed by atoms with Crippen LogP contribution in [-0.2, 0) is 9.59 Å². The summed E-state index contributed by atoms with van der Waals surface area (Å²) in [4.78, 5) is 41.9. The van der Waals surface area contributed by atoms with E-state index >= 15 is 0 Å². The zero-order valence-electron chi connectivity index (χ0n) is 19.9. The minimum absolute atomic E-state index is 0.0777. The van der Waals surface area contributed by atoms with Crippen molar-refractivity contribution in [3.8, 4) is 11.3 Å². The standard InChI is InChI=1S/C25H32N6O4/c1-30-9-7-20(8-10-30)31-14-18(15-31)24(33)28-27-23(32)17-11-19(12-17)26-25(34)22-13-21(29-35-22)16-5-3-2-4-6-16/h2-6,13,17-20H,7-12,14-15H2,1H3,(H,26,34)(H,27,32)(H,28,33)/t17-,19-. The molecule has 0 bridgehead atoms. The summed E-state index contributed by atoms with van der Waals surface area (Å²) in [7, 11) is 2.14. The topological polar surface area (TPSA) is 120 Å². The van der Waals surface area contributed by atoms with Gasteiger partial charge in [0.1, 0.15) is 5.69 Å². The first-order valence-electron chi connectivity index (χ1n) is 12.3. The number of benzene rings is 1. The highest BCUT2D eigenvalue weighted by Crippen LogP contribution is 2.28. The van der Waals surface area contributed by atoms with Crippen LogP contribution in [0.1, 0.15) is 36.2 Å². The predicted molar refractivity (Wildman–Crippen MR) is 128 cm³/mol. The number of aromatic nitrogens is 1. The second-order valence-corrected chi connectivity index (χ2v) is 9.94. The lowest BCUT2D eigenvalue weighted by molar-refractivity contribution is -0.138. The monoisotopic (exact) mass is 480 g/mol. The molecule has 2 aliphatic heterocycles. The first kappa shape index (κ1) is 23.5. The van der Waals surface area contributed by atoms with Gasteiger partial charge < -0.3 is 14.7 Å². The highest BCUT2D eigenvalue weighted by molar-refractivity contribution is 5.93. The summed E-state index contributed by atoms with van der Waals surface area (Å²) < 4.78 is 5.18. The quantitative estimate of drug-likeness (QED) is 0.528. The summed E-state index contributed by atoms with van der Waals surface area (Å²) in [6, 6.07) is 11.5. The molecule has 1 aromatic carbocycles. The minimum Gasteiger partial charge on any atom is -0.350 e. The summed E-state index contributed by atoms with van der Waals surface area (Å²) in [5.41, 5.74) is 6.60. The minimum atomic E-state index is -0.351. The van der Waals surface area contributed by atoms with Gasteiger partial charge in [0.25, 0.3) is 5.91 Å². The number of likely N-dealkylation sites (tertiary alicyclic amines) is 2. The van der Waals surface area contributed by atoms with Crippen molar-refractivity contribution in [2.24, 2.45) is 11.8 Å². The number of nitrogens with one attached hydrogen (secondary N) is 3. The zero-order valence-corrected chi connectivity index (χ0v) is 19.9. The fourth-order valence-electron chi connectivity index (χ4n) is 5.00. The Morgan fingerprint density at radius 2 is 1.63 bits per heavy atom. The van der Waals surface area contributed by atoms with Gasteiger partial charge in [0.15, 0.2) is 0 Å². The van der Waals surface area contributed by atoms with Crippen molar-refractivity contribution < 1.29 is 18.9 Å². The van der Waals surface area contributed by atoms with E-state index in [0.29, 0.717) is 24.6 Å². The van der Waals surface area contributed by atoms with Crippen LogP contribution in [0.2, 0.25) is 0 Å². The van der Waals surface area contributed by atoms with Crippen LogP contribution in [0.25, 0.3) is 11.3 Å². The number of rotatable bonds is 6. The first-order valence-corrected chi connectivity index (χ1v) is 12.3. The number of hydrogen-bond donors (Lipinski definition) is 3. The summed E-state index contributed by atoms with van der Waals surface area (Å²) in [5.74, 6) is -0.888. The highest BCUT2D eigenvalue weighted by Gasteiger charge is 2.39. The number of carbonyl (C=O) groups is 3. The van der Waals surface area contributed by atoms with Gasteiger partial charge in [0.2, 0.25) is 17.6 Å². The third-order valence-corrected chi connectivity index (χ3v) is 7.44. The second-order valence-electron chi connectivity index (χ2n) is 9.94. The van der Waals surface area contributed by atoms with Gasteiger partial charge in [-0.1, -0.05) is 35.5 Å². The van der Waals surface area contributed by atoms with Gasteiger partial charge in [-0.15, -0.1) is 0 Å². The Morgan fingerprint density at radius 1 is 0.971 bits per heavy atom. The van der Waals surface area contributed by atoms with E-state index in [2.05, 4.69) is 38.2 Å². The molecule has 35 heavy (non-hydrogen) atoms. The van der Waals surface area contributed by atoms with Crippen LogP contribution >= 0.6 is 0 Å². The van der Waals surface area contributed by atoms with Crippen LogP contribution in [0.4, 0.5) is 0 Å². The maximum atomic E-state index is 12.4. The molecule has 1 aliphatic carbocycles. The van der Waals surface area contributed by atoms with Crippen molar-refractivity contribution >= 4 is 17.7 Å². The van der Waals surface area contributed by atoms with E-state index in [1.807, 2.05) is 30.3 Å². The second kappa shape index (κ2) is 10.2. The first-order chi connectivity index (χ1) is 17.0. The maximum absolute atomic E-state index is 12.4. The Balaban J connectivity index is 0.986. The third-order valence-electron chi connectivity index (χ3n) is 7.44. The Hall–Kier alpha value is -3.24. The summed E-state index contributed by atoms with van der Waals surface area (Å²) in [6.45, 7) is 3.70. The van der Waals surface area contributed by atoms with E-state index in [0.717, 1.165) is 44.6 Å². The average Bonchev–Trinajstić information content (AvgIpc) is 3.31. The number of piperidine rings is 1. The molecular weight excluding hydrogens is 448 g/mol. The van der Waals surface area contributed by atoms with Crippen molar-refractivity contribution in [1.29, 1.82) is 0 Å². The highest BCUT2D eigenvalue weighted by atomic mass is 16.5. The molecule has 1 saturated carbocycles. The zero-order chi connectivity index (χ0) is 24.4. The van der Waals surface area contributed by atoms with Crippen molar-refractivity contribution in [3.63, 3.8) is 0 Å². The fraction of sp³-hybridized carbons (Fsp3) is 0.520. The molecule has 2 aromatic rings. The van der Waals surface area contributed by atoms with E-state index < -0.39 is 0 Å². The smallest absolute Gasteiger partial charge is 0.290 e. The maximum Gasteiger partial charge on any atom is 0.290 e. The third kappa shape index (κ3) is 5.38. The molecule has 0 spiro atoms. The molecule has 10 nitrogen and oxygen atoms in total. The summed E-state index contributed by atoms with van der Waals surface area (Å²) in [6.07, 6.45) is 3.32. The van der Waals surface area contributed by atoms with Gasteiger partial charge in [-0.05, 0) is 45.8 Å². The molecular formula is C25H32N6O4. The Bertz CT molecular complexity index is 1050. The van der Waals surface area contributed by atoms with Crippen LogP contribution in [0.5, 0.6) is 0 Å². The lowest BCUT2D eigenvalue weighted by Gasteiger charge is -2.46. The molecule has 3 N–H and O–H groups in total. The SMILES string of the molecule is CN1CCC(N2CC(C(=O)NNC(=O)[C@H]3C[C@H](NC(=O)c4cc(-c5ccccc5)no4)C3)C2)CC1. The van der Waals surface area contributed by atoms with E-state index in [4.69, 9.17) is 4.52 Å². The number of hydrazine groups is 1. The largest absolute Gasteiger partial charge is 0.350 e. The van der Waals surface area contributed by atoms with Crippen LogP contribution in [0, 0.1) is 11.8 Å². The van der Waals surface area contributed by atoms with Gasteiger partial charge in [0.05, 0.1) is 5.92 Å². The van der Waals surface area contributed by atoms with E-state index in [9.17, 15) is 14.4 Å². The van der Waals surface area contributed by atoms with Crippen LogP contribution in [0.15, 0.2) is 40.9 Å². The Morgan fingerprint density at radius 3 is 2.31 bits per heavy atom. The molecule has 1 aromatic heterocycles. The average molecular weight is 481 g/mol. The van der Waals surface area contributed by atoms with E-state index in [1.54, 1.807) is 6.07 Å². The molecule has 2 saturated heterocycles. The predicted octanol–water partition coefficient (Wildman–Crippen LogP) is 1.02. The van der Waals surface area contributed by atoms with Crippen molar-refractivity contribution in [1.82, 2.24) is 31.1 Å². The number of hydrogen-bond acceptors (Lipinski definition) is 7. The van der Waals surface area contributed by atoms with Crippen LogP contribution < -0.4 is 16.2 Å². The van der Waals surface area contributed by atoms with E-state index in [1.165, 1.54) is 0 Å². The molecule has 5 rings (SSSR count). The molecule has 0 atom stereocenters. The summed E-state index contributed by atoms with van der Waals surface area (Å²) >= 11 is 0. The van der Waals surface area contributed by atoms with Crippen molar-refractivity contribution in [2.75, 3.05) is 33.2 Å². The molecule has 3 amide bonds. The fourth-order valence-corrected chi connectivity index (χ4v) is 5.00. The normalized spacial score (nSPS) is 23.7. The van der Waals surface area contributed by atoms with Gasteiger partial charge in [-0.25, -0.2) is 0 Å². The molecule has 3 aliphatic rings. The molecule has 0 radical (unpaired) electrons. The van der Waals surface area contributed by atoms with Crippen molar-refractivity contribution in [2.45, 2.75) is 37.8 Å². The van der Waals surface area contributed by atoms with Gasteiger partial charge in [-0.3, -0.25) is 30.1 Å². The summed E-state index contributed by atoms with van der Waals surface area (Å²) in [5, 5.41) is 6.83. The lowest BCUT2D eigenvalue weighted by Crippen LogP contribution is -2.61. The van der Waals surface area contributed by atoms with Gasteiger partial charge >= 0.3 is 0 Å². The van der Waals surface area contributed by atoms with Crippen LogP contribution in [0.3, 0.4) is 0 Å². The van der Waals surface area contributed by atoms with Gasteiger partial charge in [-0.2, -0.15) is 0 Å². The van der Waals surface area contributed by atoms with Crippen molar-refractivity contribution in [3.05, 3.63) is 42.2 Å². The molecule has 3 heterocycles. The Kier molecular flexibility index (Phi) is 6.83. The molecule has 10 heteroatoms. The number of amides is 3. The molecule has 186 valence electrons. The lowest BCUT2D eigenvalue weighted by atomic mass is 9.79. The van der Waals surface area contributed by atoms with Crippen LogP contribution in [-0.4, -0.2) is 78.0 Å². The van der Waals surface area contributed by atoms with E-state index in [-0.39, 0.29) is 41.4 Å². The number of carbonyl (C=O) groups excluding carboxylic acids is 3. The Labute approximate surface area is 204 Å². The van der Waals surface area contributed by atoms with Gasteiger partial charge in [0, 0.05) is 42.7 Å². The molecule has 0 unspecified atom stereocenters.